The second kappa shape index (κ2) is 8.83. The lowest BCUT2D eigenvalue weighted by molar-refractivity contribution is -0.117. The summed E-state index contributed by atoms with van der Waals surface area (Å²) < 4.78 is 15.1. The molecule has 36 heavy (non-hydrogen) atoms. The minimum Gasteiger partial charge on any atom is -0.348 e. The van der Waals surface area contributed by atoms with Crippen LogP contribution in [0.15, 0.2) is 54.9 Å². The first-order valence-electron chi connectivity index (χ1n) is 11.7. The van der Waals surface area contributed by atoms with Crippen LogP contribution in [-0.4, -0.2) is 26.8 Å². The number of aromatic amines is 1. The number of carbonyl (C=O) groups is 2. The Bertz CT molecular complexity index is 1650. The fourth-order valence-corrected chi connectivity index (χ4v) is 5.03. The Kier molecular flexibility index (Phi) is 5.49. The maximum Gasteiger partial charge on any atom is 0.253 e. The molecule has 2 amide bonds. The van der Waals surface area contributed by atoms with Crippen molar-refractivity contribution in [2.75, 3.05) is 5.32 Å². The molecule has 0 unspecified atom stereocenters. The van der Waals surface area contributed by atoms with Crippen molar-refractivity contribution in [1.29, 1.82) is 0 Å². The molecule has 7 nitrogen and oxygen atoms in total. The van der Waals surface area contributed by atoms with E-state index in [1.54, 1.807) is 18.5 Å². The van der Waals surface area contributed by atoms with E-state index in [0.717, 1.165) is 39.7 Å². The molecule has 0 radical (unpaired) electrons. The van der Waals surface area contributed by atoms with Crippen molar-refractivity contribution >= 4 is 49.5 Å². The van der Waals surface area contributed by atoms with Crippen LogP contribution >= 0.6 is 11.3 Å². The Hall–Kier alpha value is -4.11. The van der Waals surface area contributed by atoms with Gasteiger partial charge >= 0.3 is 0 Å². The van der Waals surface area contributed by atoms with Gasteiger partial charge in [0, 0.05) is 41.4 Å². The largest absolute Gasteiger partial charge is 0.348 e. The van der Waals surface area contributed by atoms with Crippen LogP contribution in [0.25, 0.3) is 32.4 Å². The van der Waals surface area contributed by atoms with Crippen LogP contribution < -0.4 is 10.6 Å². The second-order valence-corrected chi connectivity index (χ2v) is 10.1. The van der Waals surface area contributed by atoms with Gasteiger partial charge in [0.05, 0.1) is 15.8 Å². The molecule has 1 saturated carbocycles. The number of carbonyl (C=O) groups excluding carboxylic acids is 2. The van der Waals surface area contributed by atoms with E-state index in [4.69, 9.17) is 0 Å². The molecule has 3 N–H and O–H groups in total. The number of nitrogens with one attached hydrogen (secondary N) is 3. The van der Waals surface area contributed by atoms with Crippen molar-refractivity contribution in [2.24, 2.45) is 5.92 Å². The van der Waals surface area contributed by atoms with Crippen LogP contribution in [0.4, 0.5) is 9.52 Å². The van der Waals surface area contributed by atoms with Gasteiger partial charge in [-0.1, -0.05) is 29.5 Å². The molecule has 6 rings (SSSR count). The van der Waals surface area contributed by atoms with Crippen molar-refractivity contribution in [1.82, 2.24) is 20.3 Å². The normalized spacial score (nSPS) is 13.3. The standard InChI is InChI=1S/C27H22FN5O2S/c1-14-2-3-17(21(28)8-14)11-31-26(35)20-13-30-24-19(20)9-18(12-29-24)16-6-7-22-23(10-16)36-27(32-22)33-25(34)15-4-5-15/h2-3,6-10,12-13,15H,4-5,11H2,1H3,(H,29,30)(H,31,35)(H,32,33,34). The van der Waals surface area contributed by atoms with E-state index in [9.17, 15) is 14.0 Å². The first-order valence-corrected chi connectivity index (χ1v) is 12.5. The van der Waals surface area contributed by atoms with Crippen LogP contribution in [0, 0.1) is 18.7 Å². The van der Waals surface area contributed by atoms with Crippen molar-refractivity contribution in [2.45, 2.75) is 26.3 Å². The van der Waals surface area contributed by atoms with Crippen LogP contribution in [0.5, 0.6) is 0 Å². The zero-order valence-corrected chi connectivity index (χ0v) is 20.2. The summed E-state index contributed by atoms with van der Waals surface area (Å²) in [5.41, 5.74) is 4.88. The van der Waals surface area contributed by atoms with Crippen molar-refractivity contribution in [3.05, 3.63) is 77.4 Å². The van der Waals surface area contributed by atoms with E-state index in [-0.39, 0.29) is 30.1 Å². The number of benzene rings is 2. The fraction of sp³-hybridized carbons (Fsp3) is 0.185. The van der Waals surface area contributed by atoms with E-state index in [1.165, 1.54) is 17.4 Å². The average Bonchev–Trinajstić information content (AvgIpc) is 3.51. The smallest absolute Gasteiger partial charge is 0.253 e. The SMILES string of the molecule is Cc1ccc(CNC(=O)c2c[nH]c3ncc(-c4ccc5nc(NC(=O)C6CC6)sc5c4)cc23)c(F)c1. The number of nitrogens with zero attached hydrogens (tertiary/aromatic N) is 2. The molecular formula is C27H22FN5O2S. The summed E-state index contributed by atoms with van der Waals surface area (Å²) in [6.07, 6.45) is 5.25. The van der Waals surface area contributed by atoms with E-state index >= 15 is 0 Å². The van der Waals surface area contributed by atoms with Crippen molar-refractivity contribution in [3.8, 4) is 11.1 Å². The molecule has 0 spiro atoms. The first-order chi connectivity index (χ1) is 17.4. The van der Waals surface area contributed by atoms with Crippen LogP contribution in [0.1, 0.15) is 34.3 Å². The first kappa shape index (κ1) is 22.4. The van der Waals surface area contributed by atoms with Gasteiger partial charge in [-0.25, -0.2) is 14.4 Å². The Morgan fingerprint density at radius 3 is 2.81 bits per heavy atom. The van der Waals surface area contributed by atoms with Gasteiger partial charge < -0.3 is 15.6 Å². The number of halogens is 1. The summed E-state index contributed by atoms with van der Waals surface area (Å²) in [6.45, 7) is 1.91. The van der Waals surface area contributed by atoms with Crippen molar-refractivity contribution in [3.63, 3.8) is 0 Å². The van der Waals surface area contributed by atoms with Gasteiger partial charge in [0.2, 0.25) is 5.91 Å². The number of amides is 2. The van der Waals surface area contributed by atoms with Crippen LogP contribution in [0.2, 0.25) is 0 Å². The molecule has 180 valence electrons. The topological polar surface area (TPSA) is 99.8 Å². The fourth-order valence-electron chi connectivity index (χ4n) is 4.13. The molecule has 0 atom stereocenters. The number of pyridine rings is 1. The quantitative estimate of drug-likeness (QED) is 0.285. The van der Waals surface area contributed by atoms with Gasteiger partial charge in [0.25, 0.3) is 5.91 Å². The molecule has 1 aliphatic rings. The number of thiazole rings is 1. The summed E-state index contributed by atoms with van der Waals surface area (Å²) in [6, 6.07) is 12.7. The highest BCUT2D eigenvalue weighted by molar-refractivity contribution is 7.22. The van der Waals surface area contributed by atoms with Gasteiger partial charge in [-0.05, 0) is 55.2 Å². The minimum absolute atomic E-state index is 0.0345. The number of hydrogen-bond acceptors (Lipinski definition) is 5. The number of H-pyrrole nitrogens is 1. The molecule has 0 saturated heterocycles. The Labute approximate surface area is 209 Å². The Morgan fingerprint density at radius 2 is 2.00 bits per heavy atom. The number of fused-ring (bicyclic) bond motifs is 2. The Morgan fingerprint density at radius 1 is 1.14 bits per heavy atom. The molecule has 0 bridgehead atoms. The van der Waals surface area contributed by atoms with E-state index in [2.05, 4.69) is 25.6 Å². The summed E-state index contributed by atoms with van der Waals surface area (Å²) in [5.74, 6) is -0.498. The van der Waals surface area contributed by atoms with Gasteiger partial charge in [0.1, 0.15) is 11.5 Å². The molecule has 9 heteroatoms. The number of aromatic nitrogens is 3. The lowest BCUT2D eigenvalue weighted by atomic mass is 10.1. The van der Waals surface area contributed by atoms with E-state index < -0.39 is 0 Å². The minimum atomic E-state index is -0.341. The van der Waals surface area contributed by atoms with E-state index in [1.807, 2.05) is 37.3 Å². The summed E-state index contributed by atoms with van der Waals surface area (Å²) in [5, 5.41) is 6.98. The molecule has 1 fully saturated rings. The highest BCUT2D eigenvalue weighted by Gasteiger charge is 2.30. The molecule has 1 aliphatic carbocycles. The van der Waals surface area contributed by atoms with Crippen LogP contribution in [-0.2, 0) is 11.3 Å². The van der Waals surface area contributed by atoms with Gasteiger partial charge in [-0.3, -0.25) is 9.59 Å². The average molecular weight is 500 g/mol. The predicted molar refractivity (Wildman–Crippen MR) is 138 cm³/mol. The molecule has 5 aromatic rings. The molecule has 0 aliphatic heterocycles. The van der Waals surface area contributed by atoms with Gasteiger partial charge in [-0.2, -0.15) is 0 Å². The molecule has 2 aromatic carbocycles. The summed E-state index contributed by atoms with van der Waals surface area (Å²) >= 11 is 1.44. The zero-order chi connectivity index (χ0) is 24.8. The highest BCUT2D eigenvalue weighted by Crippen LogP contribution is 2.34. The maximum absolute atomic E-state index is 14.2. The highest BCUT2D eigenvalue weighted by atomic mass is 32.1. The summed E-state index contributed by atoms with van der Waals surface area (Å²) in [7, 11) is 0. The number of hydrogen-bond donors (Lipinski definition) is 3. The zero-order valence-electron chi connectivity index (χ0n) is 19.4. The Balaban J connectivity index is 1.25. The number of aryl methyl sites for hydroxylation is 1. The lowest BCUT2D eigenvalue weighted by Gasteiger charge is -2.07. The predicted octanol–water partition coefficient (Wildman–Crippen LogP) is 5.57. The second-order valence-electron chi connectivity index (χ2n) is 9.07. The third-order valence-electron chi connectivity index (χ3n) is 6.32. The third kappa shape index (κ3) is 4.33. The number of rotatable bonds is 6. The molecule has 3 aromatic heterocycles. The van der Waals surface area contributed by atoms with Gasteiger partial charge in [0.15, 0.2) is 5.13 Å². The van der Waals surface area contributed by atoms with Crippen molar-refractivity contribution < 1.29 is 14.0 Å². The van der Waals surface area contributed by atoms with E-state index in [0.29, 0.717) is 27.3 Å². The monoisotopic (exact) mass is 499 g/mol. The van der Waals surface area contributed by atoms with Gasteiger partial charge in [-0.15, -0.1) is 0 Å². The molecular weight excluding hydrogens is 477 g/mol. The summed E-state index contributed by atoms with van der Waals surface area (Å²) in [4.78, 5) is 37.0. The number of anilines is 1. The molecule has 3 heterocycles. The lowest BCUT2D eigenvalue weighted by Crippen LogP contribution is -2.23. The maximum atomic E-state index is 14.2. The third-order valence-corrected chi connectivity index (χ3v) is 7.26. The van der Waals surface area contributed by atoms with Crippen LogP contribution in [0.3, 0.4) is 0 Å².